The van der Waals surface area contributed by atoms with Gasteiger partial charge in [0.2, 0.25) is 10.0 Å². The normalized spacial score (nSPS) is 15.2. The molecule has 108 valence electrons. The molecule has 7 heteroatoms. The summed E-state index contributed by atoms with van der Waals surface area (Å²) in [6.07, 6.45) is 0.558. The molecule has 0 saturated heterocycles. The van der Waals surface area contributed by atoms with Gasteiger partial charge in [0.05, 0.1) is 0 Å². The Kier molecular flexibility index (Phi) is 4.75. The number of sulfonamides is 1. The summed E-state index contributed by atoms with van der Waals surface area (Å²) in [6, 6.07) is 0.234. The molecule has 0 aromatic carbocycles. The van der Waals surface area contributed by atoms with Crippen molar-refractivity contribution in [3.8, 4) is 0 Å². The Morgan fingerprint density at radius 2 is 2.05 bits per heavy atom. The molecule has 6 nitrogen and oxygen atoms in total. The van der Waals surface area contributed by atoms with E-state index in [9.17, 15) is 13.2 Å². The SMILES string of the molecule is CC[C@H](C)[C@H](NS(=O)(=O)c1cc(C)oc1C)C(=O)O. The Balaban J connectivity index is 3.08. The van der Waals surface area contributed by atoms with E-state index < -0.39 is 22.0 Å². The van der Waals surface area contributed by atoms with Crippen LogP contribution in [-0.4, -0.2) is 25.5 Å². The van der Waals surface area contributed by atoms with E-state index in [2.05, 4.69) is 4.72 Å². The molecule has 0 amide bonds. The van der Waals surface area contributed by atoms with E-state index in [1.54, 1.807) is 13.8 Å². The number of aryl methyl sites for hydroxylation is 2. The lowest BCUT2D eigenvalue weighted by atomic mass is 10.0. The fourth-order valence-corrected chi connectivity index (χ4v) is 3.29. The number of aliphatic carboxylic acids is 1. The molecule has 2 atom stereocenters. The number of carboxylic acids is 1. The topological polar surface area (TPSA) is 96.6 Å². The van der Waals surface area contributed by atoms with E-state index in [4.69, 9.17) is 9.52 Å². The van der Waals surface area contributed by atoms with Crippen molar-refractivity contribution < 1.29 is 22.7 Å². The smallest absolute Gasteiger partial charge is 0.322 e. The van der Waals surface area contributed by atoms with Gasteiger partial charge < -0.3 is 9.52 Å². The van der Waals surface area contributed by atoms with Gasteiger partial charge in [-0.15, -0.1) is 0 Å². The lowest BCUT2D eigenvalue weighted by Gasteiger charge is -2.19. The van der Waals surface area contributed by atoms with Crippen LogP contribution in [0.5, 0.6) is 0 Å². The van der Waals surface area contributed by atoms with Gasteiger partial charge in [-0.05, 0) is 25.8 Å². The third-order valence-corrected chi connectivity index (χ3v) is 4.59. The molecule has 1 rings (SSSR count). The number of nitrogens with one attached hydrogen (secondary N) is 1. The fourth-order valence-electron chi connectivity index (χ4n) is 1.75. The first-order chi connectivity index (χ1) is 8.69. The van der Waals surface area contributed by atoms with Crippen molar-refractivity contribution in [1.29, 1.82) is 0 Å². The number of rotatable bonds is 6. The second-order valence-electron chi connectivity index (χ2n) is 4.60. The number of hydrogen-bond acceptors (Lipinski definition) is 4. The van der Waals surface area contributed by atoms with Crippen LogP contribution in [0.3, 0.4) is 0 Å². The van der Waals surface area contributed by atoms with Gasteiger partial charge >= 0.3 is 5.97 Å². The third kappa shape index (κ3) is 3.57. The lowest BCUT2D eigenvalue weighted by Crippen LogP contribution is -2.44. The third-order valence-electron chi connectivity index (χ3n) is 3.05. The Hall–Kier alpha value is -1.34. The Morgan fingerprint density at radius 1 is 1.47 bits per heavy atom. The van der Waals surface area contributed by atoms with Gasteiger partial charge in [0.25, 0.3) is 0 Å². The summed E-state index contributed by atoms with van der Waals surface area (Å²) < 4.78 is 31.7. The van der Waals surface area contributed by atoms with E-state index in [0.717, 1.165) is 0 Å². The quantitative estimate of drug-likeness (QED) is 0.830. The van der Waals surface area contributed by atoms with E-state index in [1.165, 1.54) is 13.0 Å². The number of hydrogen-bond donors (Lipinski definition) is 2. The maximum Gasteiger partial charge on any atom is 0.322 e. The zero-order chi connectivity index (χ0) is 14.8. The van der Waals surface area contributed by atoms with Crippen molar-refractivity contribution in [2.24, 2.45) is 5.92 Å². The van der Waals surface area contributed by atoms with Crippen LogP contribution in [0.4, 0.5) is 0 Å². The molecule has 0 aliphatic heterocycles. The summed E-state index contributed by atoms with van der Waals surface area (Å²) in [5.74, 6) is -0.775. The average Bonchev–Trinajstić information content (AvgIpc) is 2.65. The van der Waals surface area contributed by atoms with Gasteiger partial charge in [0.1, 0.15) is 22.5 Å². The standard InChI is InChI=1S/C12H19NO5S/c1-5-7(2)11(12(14)15)13-19(16,17)10-6-8(3)18-9(10)4/h6-7,11,13H,5H2,1-4H3,(H,14,15)/t7-,11-/m0/s1. The Labute approximate surface area is 112 Å². The number of carbonyl (C=O) groups is 1. The van der Waals surface area contributed by atoms with Gasteiger partial charge in [-0.2, -0.15) is 4.72 Å². The maximum atomic E-state index is 12.2. The molecule has 0 fully saturated rings. The minimum atomic E-state index is -3.89. The molecule has 19 heavy (non-hydrogen) atoms. The summed E-state index contributed by atoms with van der Waals surface area (Å²) in [4.78, 5) is 11.1. The Morgan fingerprint density at radius 3 is 2.42 bits per heavy atom. The molecule has 1 aromatic heterocycles. The van der Waals surface area contributed by atoms with Crippen LogP contribution in [-0.2, 0) is 14.8 Å². The summed E-state index contributed by atoms with van der Waals surface area (Å²) in [5, 5.41) is 9.11. The highest BCUT2D eigenvalue weighted by Gasteiger charge is 2.31. The van der Waals surface area contributed by atoms with Crippen molar-refractivity contribution in [3.05, 3.63) is 17.6 Å². The minimum absolute atomic E-state index is 0.0143. The monoisotopic (exact) mass is 289 g/mol. The molecule has 0 bridgehead atoms. The van der Waals surface area contributed by atoms with E-state index in [-0.39, 0.29) is 16.6 Å². The first kappa shape index (κ1) is 15.7. The van der Waals surface area contributed by atoms with Gasteiger partial charge in [-0.25, -0.2) is 8.42 Å². The zero-order valence-corrected chi connectivity index (χ0v) is 12.2. The molecule has 2 N–H and O–H groups in total. The predicted molar refractivity (Wildman–Crippen MR) is 69.4 cm³/mol. The number of furan rings is 1. The Bertz CT molecular complexity index is 561. The maximum absolute atomic E-state index is 12.2. The zero-order valence-electron chi connectivity index (χ0n) is 11.4. The molecule has 0 aliphatic rings. The summed E-state index contributed by atoms with van der Waals surface area (Å²) >= 11 is 0. The average molecular weight is 289 g/mol. The molecule has 0 aliphatic carbocycles. The minimum Gasteiger partial charge on any atom is -0.480 e. The molecule has 1 aromatic rings. The van der Waals surface area contributed by atoms with Crippen molar-refractivity contribution in [1.82, 2.24) is 4.72 Å². The van der Waals surface area contributed by atoms with Crippen LogP contribution < -0.4 is 4.72 Å². The first-order valence-electron chi connectivity index (χ1n) is 6.01. The van der Waals surface area contributed by atoms with Crippen molar-refractivity contribution in [3.63, 3.8) is 0 Å². The molecular weight excluding hydrogens is 270 g/mol. The molecule has 0 radical (unpaired) electrons. The van der Waals surface area contributed by atoms with Crippen LogP contribution in [0, 0.1) is 19.8 Å². The lowest BCUT2D eigenvalue weighted by molar-refractivity contribution is -0.140. The largest absolute Gasteiger partial charge is 0.480 e. The number of carboxylic acid groups (broad SMARTS) is 1. The highest BCUT2D eigenvalue weighted by Crippen LogP contribution is 2.20. The van der Waals surface area contributed by atoms with Crippen LogP contribution in [0.2, 0.25) is 0 Å². The van der Waals surface area contributed by atoms with Crippen molar-refractivity contribution >= 4 is 16.0 Å². The molecule has 1 heterocycles. The summed E-state index contributed by atoms with van der Waals surface area (Å²) in [7, 11) is -3.89. The van der Waals surface area contributed by atoms with Crippen LogP contribution in [0.1, 0.15) is 31.8 Å². The van der Waals surface area contributed by atoms with E-state index >= 15 is 0 Å². The second-order valence-corrected chi connectivity index (χ2v) is 6.28. The van der Waals surface area contributed by atoms with Crippen LogP contribution in [0.25, 0.3) is 0 Å². The highest BCUT2D eigenvalue weighted by molar-refractivity contribution is 7.89. The van der Waals surface area contributed by atoms with Gasteiger partial charge in [-0.1, -0.05) is 20.3 Å². The molecule has 0 saturated carbocycles. The molecule has 0 spiro atoms. The van der Waals surface area contributed by atoms with Crippen molar-refractivity contribution in [2.45, 2.75) is 45.1 Å². The first-order valence-corrected chi connectivity index (χ1v) is 7.49. The summed E-state index contributed by atoms with van der Waals surface area (Å²) in [5.41, 5.74) is 0. The highest BCUT2D eigenvalue weighted by atomic mass is 32.2. The van der Waals surface area contributed by atoms with Gasteiger partial charge in [0, 0.05) is 0 Å². The van der Waals surface area contributed by atoms with Gasteiger partial charge in [0.15, 0.2) is 0 Å². The van der Waals surface area contributed by atoms with Crippen LogP contribution in [0.15, 0.2) is 15.4 Å². The van der Waals surface area contributed by atoms with Crippen LogP contribution >= 0.6 is 0 Å². The van der Waals surface area contributed by atoms with Crippen molar-refractivity contribution in [2.75, 3.05) is 0 Å². The molecule has 0 unspecified atom stereocenters. The second kappa shape index (κ2) is 5.75. The summed E-state index contributed by atoms with van der Waals surface area (Å²) in [6.45, 7) is 6.66. The predicted octanol–water partition coefficient (Wildman–Crippen LogP) is 1.67. The van der Waals surface area contributed by atoms with E-state index in [0.29, 0.717) is 12.2 Å². The fraction of sp³-hybridized carbons (Fsp3) is 0.583. The van der Waals surface area contributed by atoms with Gasteiger partial charge in [-0.3, -0.25) is 4.79 Å². The van der Waals surface area contributed by atoms with E-state index in [1.807, 2.05) is 6.92 Å². The molecular formula is C12H19NO5S.